The summed E-state index contributed by atoms with van der Waals surface area (Å²) in [6.45, 7) is 4.08. The number of aryl methyl sites for hydroxylation is 2. The predicted molar refractivity (Wildman–Crippen MR) is 112 cm³/mol. The third-order valence-electron chi connectivity index (χ3n) is 4.76. The number of benzene rings is 3. The standard InChI is InChI=1S/C24H18N2O2/c1-15-6-12-20-19(14-15)25-24(28-20)18-10-7-17(8-11-18)9-13-22-26-23-16(2)4-3-5-21(23)27-22/h3-14H,1-2H3. The van der Waals surface area contributed by atoms with Gasteiger partial charge in [-0.1, -0.05) is 30.3 Å². The maximum absolute atomic E-state index is 5.87. The van der Waals surface area contributed by atoms with Crippen molar-refractivity contribution in [1.29, 1.82) is 0 Å². The van der Waals surface area contributed by atoms with Gasteiger partial charge in [-0.15, -0.1) is 0 Å². The highest BCUT2D eigenvalue weighted by Gasteiger charge is 2.08. The van der Waals surface area contributed by atoms with Crippen LogP contribution in [-0.4, -0.2) is 9.97 Å². The SMILES string of the molecule is Cc1ccc2oc(-c3ccc(C=Cc4nc5c(C)cccc5o4)cc3)nc2c1. The van der Waals surface area contributed by atoms with E-state index in [4.69, 9.17) is 8.83 Å². The molecule has 0 saturated heterocycles. The second-order valence-electron chi connectivity index (χ2n) is 6.92. The molecule has 0 aliphatic heterocycles. The molecule has 0 aliphatic carbocycles. The van der Waals surface area contributed by atoms with Crippen molar-refractivity contribution in [3.63, 3.8) is 0 Å². The molecule has 0 unspecified atom stereocenters. The molecule has 2 heterocycles. The molecule has 0 saturated carbocycles. The van der Waals surface area contributed by atoms with Gasteiger partial charge in [-0.2, -0.15) is 0 Å². The summed E-state index contributed by atoms with van der Waals surface area (Å²) in [4.78, 5) is 9.14. The molecule has 0 N–H and O–H groups in total. The maximum atomic E-state index is 5.87. The molecule has 4 nitrogen and oxygen atoms in total. The number of aromatic nitrogens is 2. The molecule has 4 heteroatoms. The van der Waals surface area contributed by atoms with Crippen LogP contribution in [0.1, 0.15) is 22.6 Å². The molecule has 0 amide bonds. The lowest BCUT2D eigenvalue weighted by molar-refractivity contribution is 0.589. The van der Waals surface area contributed by atoms with Gasteiger partial charge < -0.3 is 8.83 Å². The zero-order valence-corrected chi connectivity index (χ0v) is 15.6. The van der Waals surface area contributed by atoms with Gasteiger partial charge in [0.05, 0.1) is 0 Å². The molecule has 0 radical (unpaired) electrons. The van der Waals surface area contributed by atoms with Gasteiger partial charge in [0.15, 0.2) is 11.2 Å². The Morgan fingerprint density at radius 1 is 0.786 bits per heavy atom. The zero-order valence-electron chi connectivity index (χ0n) is 15.6. The van der Waals surface area contributed by atoms with Gasteiger partial charge in [-0.3, -0.25) is 0 Å². The summed E-state index contributed by atoms with van der Waals surface area (Å²) < 4.78 is 11.7. The number of oxazole rings is 2. The summed E-state index contributed by atoms with van der Waals surface area (Å²) in [5, 5.41) is 0. The van der Waals surface area contributed by atoms with Crippen LogP contribution in [0.2, 0.25) is 0 Å². The highest BCUT2D eigenvalue weighted by molar-refractivity contribution is 5.79. The van der Waals surface area contributed by atoms with E-state index in [0.717, 1.165) is 38.9 Å². The summed E-state index contributed by atoms with van der Waals surface area (Å²) in [5.74, 6) is 1.23. The Hall–Kier alpha value is -3.66. The topological polar surface area (TPSA) is 52.1 Å². The summed E-state index contributed by atoms with van der Waals surface area (Å²) in [6, 6.07) is 20.0. The van der Waals surface area contributed by atoms with Gasteiger partial charge in [0.25, 0.3) is 0 Å². The number of hydrogen-bond acceptors (Lipinski definition) is 4. The second-order valence-corrected chi connectivity index (χ2v) is 6.92. The van der Waals surface area contributed by atoms with Gasteiger partial charge >= 0.3 is 0 Å². The molecular formula is C24H18N2O2. The van der Waals surface area contributed by atoms with E-state index in [1.54, 1.807) is 0 Å². The Morgan fingerprint density at radius 3 is 2.46 bits per heavy atom. The van der Waals surface area contributed by atoms with Gasteiger partial charge in [0.2, 0.25) is 11.8 Å². The highest BCUT2D eigenvalue weighted by Crippen LogP contribution is 2.26. The molecule has 2 aromatic heterocycles. The Balaban J connectivity index is 1.40. The minimum Gasteiger partial charge on any atom is -0.437 e. The van der Waals surface area contributed by atoms with Gasteiger partial charge in [-0.25, -0.2) is 9.97 Å². The number of fused-ring (bicyclic) bond motifs is 2. The van der Waals surface area contributed by atoms with E-state index in [2.05, 4.69) is 9.97 Å². The average molecular weight is 366 g/mol. The fraction of sp³-hybridized carbons (Fsp3) is 0.0833. The van der Waals surface area contributed by atoms with Crippen LogP contribution >= 0.6 is 0 Å². The molecule has 136 valence electrons. The smallest absolute Gasteiger partial charge is 0.227 e. The van der Waals surface area contributed by atoms with Crippen LogP contribution in [0.5, 0.6) is 0 Å². The van der Waals surface area contributed by atoms with Crippen molar-refractivity contribution in [3.05, 3.63) is 83.2 Å². The van der Waals surface area contributed by atoms with Crippen molar-refractivity contribution in [2.24, 2.45) is 0 Å². The first-order valence-electron chi connectivity index (χ1n) is 9.18. The van der Waals surface area contributed by atoms with Crippen LogP contribution < -0.4 is 0 Å². The first kappa shape index (κ1) is 16.5. The van der Waals surface area contributed by atoms with E-state index in [0.29, 0.717) is 11.8 Å². The summed E-state index contributed by atoms with van der Waals surface area (Å²) >= 11 is 0. The summed E-state index contributed by atoms with van der Waals surface area (Å²) in [6.07, 6.45) is 3.87. The predicted octanol–water partition coefficient (Wildman–Crippen LogP) is 6.42. The molecule has 0 atom stereocenters. The van der Waals surface area contributed by atoms with Crippen molar-refractivity contribution < 1.29 is 8.83 Å². The lowest BCUT2D eigenvalue weighted by Crippen LogP contribution is -1.79. The molecule has 5 aromatic rings. The molecule has 0 aliphatic rings. The Labute approximate surface area is 162 Å². The van der Waals surface area contributed by atoms with Crippen molar-refractivity contribution in [1.82, 2.24) is 9.97 Å². The number of hydrogen-bond donors (Lipinski definition) is 0. The number of nitrogens with zero attached hydrogens (tertiary/aromatic N) is 2. The van der Waals surface area contributed by atoms with Crippen LogP contribution in [0, 0.1) is 13.8 Å². The van der Waals surface area contributed by atoms with E-state index >= 15 is 0 Å². The van der Waals surface area contributed by atoms with Crippen LogP contribution in [0.3, 0.4) is 0 Å². The first-order valence-corrected chi connectivity index (χ1v) is 9.18. The monoisotopic (exact) mass is 366 g/mol. The highest BCUT2D eigenvalue weighted by atomic mass is 16.4. The van der Waals surface area contributed by atoms with Gasteiger partial charge in [-0.05, 0) is 66.9 Å². The minimum atomic E-state index is 0.600. The van der Waals surface area contributed by atoms with Crippen molar-refractivity contribution in [2.75, 3.05) is 0 Å². The summed E-state index contributed by atoms with van der Waals surface area (Å²) in [7, 11) is 0. The fourth-order valence-corrected chi connectivity index (χ4v) is 3.24. The quantitative estimate of drug-likeness (QED) is 0.369. The minimum absolute atomic E-state index is 0.600. The van der Waals surface area contributed by atoms with Crippen LogP contribution in [-0.2, 0) is 0 Å². The Kier molecular flexibility index (Phi) is 3.83. The van der Waals surface area contributed by atoms with E-state index in [-0.39, 0.29) is 0 Å². The van der Waals surface area contributed by atoms with Gasteiger partial charge in [0, 0.05) is 11.6 Å². The molecule has 0 spiro atoms. The lowest BCUT2D eigenvalue weighted by atomic mass is 10.1. The molecule has 0 bridgehead atoms. The van der Waals surface area contributed by atoms with Crippen molar-refractivity contribution in [3.8, 4) is 11.5 Å². The van der Waals surface area contributed by atoms with Crippen molar-refractivity contribution in [2.45, 2.75) is 13.8 Å². The maximum Gasteiger partial charge on any atom is 0.227 e. The van der Waals surface area contributed by atoms with E-state index in [9.17, 15) is 0 Å². The number of para-hydroxylation sites is 1. The van der Waals surface area contributed by atoms with Crippen LogP contribution in [0.15, 0.2) is 69.5 Å². The van der Waals surface area contributed by atoms with Crippen LogP contribution in [0.4, 0.5) is 0 Å². The largest absolute Gasteiger partial charge is 0.437 e. The molecular weight excluding hydrogens is 348 g/mol. The fourth-order valence-electron chi connectivity index (χ4n) is 3.24. The normalized spacial score (nSPS) is 11.8. The lowest BCUT2D eigenvalue weighted by Gasteiger charge is -1.96. The van der Waals surface area contributed by atoms with E-state index < -0.39 is 0 Å². The van der Waals surface area contributed by atoms with E-state index in [1.165, 1.54) is 5.56 Å². The molecule has 0 fully saturated rings. The third kappa shape index (κ3) is 2.99. The second kappa shape index (κ2) is 6.50. The molecule has 28 heavy (non-hydrogen) atoms. The Bertz CT molecular complexity index is 1320. The Morgan fingerprint density at radius 2 is 1.64 bits per heavy atom. The third-order valence-corrected chi connectivity index (χ3v) is 4.76. The molecule has 5 rings (SSSR count). The van der Waals surface area contributed by atoms with Crippen molar-refractivity contribution >= 4 is 34.4 Å². The molecule has 3 aromatic carbocycles. The van der Waals surface area contributed by atoms with E-state index in [1.807, 2.05) is 86.7 Å². The first-order chi connectivity index (χ1) is 13.7. The average Bonchev–Trinajstić information content (AvgIpc) is 3.31. The summed E-state index contributed by atoms with van der Waals surface area (Å²) in [5.41, 5.74) is 7.67. The number of rotatable bonds is 3. The van der Waals surface area contributed by atoms with Gasteiger partial charge in [0.1, 0.15) is 11.0 Å². The van der Waals surface area contributed by atoms with Crippen LogP contribution in [0.25, 0.3) is 45.8 Å². The zero-order chi connectivity index (χ0) is 19.1.